The van der Waals surface area contributed by atoms with Crippen LogP contribution in [0.15, 0.2) is 12.2 Å². The number of aliphatic hydroxyl groups excluding tert-OH is 5. The molecular formula is C54H103O13P. The minimum Gasteiger partial charge on any atom is -0.462 e. The summed E-state index contributed by atoms with van der Waals surface area (Å²) in [6, 6.07) is 0. The molecule has 1 aliphatic carbocycles. The third kappa shape index (κ3) is 35.7. The van der Waals surface area contributed by atoms with Crippen LogP contribution in [0.25, 0.3) is 0 Å². The van der Waals surface area contributed by atoms with Crippen LogP contribution < -0.4 is 0 Å². The van der Waals surface area contributed by atoms with Crippen LogP contribution in [0, 0.1) is 0 Å². The molecule has 0 bridgehead atoms. The maximum absolute atomic E-state index is 12.9. The van der Waals surface area contributed by atoms with Crippen LogP contribution in [0.2, 0.25) is 0 Å². The Kier molecular flexibility index (Phi) is 42.1. The fourth-order valence-corrected chi connectivity index (χ4v) is 9.85. The van der Waals surface area contributed by atoms with Crippen LogP contribution in [-0.2, 0) is 32.7 Å². The third-order valence-electron chi connectivity index (χ3n) is 13.4. The zero-order valence-electron chi connectivity index (χ0n) is 43.2. The number of carbonyl (C=O) groups excluding carboxylic acids is 2. The van der Waals surface area contributed by atoms with E-state index in [9.17, 15) is 44.6 Å². The number of phosphoric acid groups is 1. The van der Waals surface area contributed by atoms with Crippen LogP contribution >= 0.6 is 7.82 Å². The van der Waals surface area contributed by atoms with Gasteiger partial charge in [0.1, 0.15) is 43.2 Å². The minimum atomic E-state index is -5.12. The average Bonchev–Trinajstić information content (AvgIpc) is 3.32. The minimum absolute atomic E-state index is 0.0991. The van der Waals surface area contributed by atoms with E-state index in [-0.39, 0.29) is 12.8 Å². The molecule has 0 saturated heterocycles. The molecular weight excluding hydrogens is 888 g/mol. The van der Waals surface area contributed by atoms with E-state index in [1.165, 1.54) is 173 Å². The van der Waals surface area contributed by atoms with Crippen molar-refractivity contribution >= 4 is 19.8 Å². The second-order valence-electron chi connectivity index (χ2n) is 19.8. The molecule has 0 aliphatic heterocycles. The molecule has 8 atom stereocenters. The van der Waals surface area contributed by atoms with Crippen molar-refractivity contribution in [2.45, 2.75) is 307 Å². The van der Waals surface area contributed by atoms with Crippen molar-refractivity contribution in [1.82, 2.24) is 0 Å². The Morgan fingerprint density at radius 2 is 0.750 bits per heavy atom. The average molecular weight is 991 g/mol. The third-order valence-corrected chi connectivity index (χ3v) is 14.3. The zero-order chi connectivity index (χ0) is 49.9. The molecule has 6 unspecified atom stereocenters. The zero-order valence-corrected chi connectivity index (χ0v) is 44.1. The molecule has 0 aromatic carbocycles. The molecule has 1 fully saturated rings. The maximum Gasteiger partial charge on any atom is 0.472 e. The number of phosphoric ester groups is 1. The van der Waals surface area contributed by atoms with Crippen molar-refractivity contribution < 1.29 is 63.1 Å². The molecule has 0 radical (unpaired) electrons. The number of esters is 2. The monoisotopic (exact) mass is 991 g/mol. The Balaban J connectivity index is 2.33. The van der Waals surface area contributed by atoms with Gasteiger partial charge in [-0.1, -0.05) is 225 Å². The van der Waals surface area contributed by atoms with Crippen LogP contribution in [0.3, 0.4) is 0 Å². The van der Waals surface area contributed by atoms with Gasteiger partial charge in [0.25, 0.3) is 0 Å². The number of unbranched alkanes of at least 4 members (excludes halogenated alkanes) is 34. The van der Waals surface area contributed by atoms with Gasteiger partial charge in [-0.25, -0.2) is 4.57 Å². The van der Waals surface area contributed by atoms with Gasteiger partial charge >= 0.3 is 19.8 Å². The van der Waals surface area contributed by atoms with Crippen molar-refractivity contribution in [3.05, 3.63) is 12.2 Å². The van der Waals surface area contributed by atoms with E-state index in [2.05, 4.69) is 26.0 Å². The number of allylic oxidation sites excluding steroid dienone is 2. The molecule has 402 valence electrons. The van der Waals surface area contributed by atoms with E-state index in [0.29, 0.717) is 12.8 Å². The first-order valence-corrected chi connectivity index (χ1v) is 29.5. The normalized spacial score (nSPS) is 21.0. The lowest BCUT2D eigenvalue weighted by Crippen LogP contribution is -2.64. The molecule has 0 amide bonds. The van der Waals surface area contributed by atoms with Gasteiger partial charge in [0.15, 0.2) is 6.10 Å². The van der Waals surface area contributed by atoms with E-state index in [4.69, 9.17) is 18.5 Å². The molecule has 1 saturated carbocycles. The molecule has 68 heavy (non-hydrogen) atoms. The first-order chi connectivity index (χ1) is 32.9. The number of hydrogen-bond acceptors (Lipinski definition) is 12. The summed E-state index contributed by atoms with van der Waals surface area (Å²) in [5.74, 6) is -1.08. The maximum atomic E-state index is 12.9. The fourth-order valence-electron chi connectivity index (χ4n) is 8.87. The number of hydrogen-bond donors (Lipinski definition) is 6. The van der Waals surface area contributed by atoms with Gasteiger partial charge < -0.3 is 39.9 Å². The molecule has 0 aromatic heterocycles. The summed E-state index contributed by atoms with van der Waals surface area (Å²) in [6.45, 7) is 3.34. The van der Waals surface area contributed by atoms with Gasteiger partial charge in [-0.3, -0.25) is 18.6 Å². The fraction of sp³-hybridized carbons (Fsp3) is 0.926. The molecule has 13 nitrogen and oxygen atoms in total. The summed E-state index contributed by atoms with van der Waals surface area (Å²) < 4.78 is 33.7. The van der Waals surface area contributed by atoms with Gasteiger partial charge in [-0.15, -0.1) is 0 Å². The van der Waals surface area contributed by atoms with E-state index in [1.807, 2.05) is 0 Å². The first-order valence-electron chi connectivity index (χ1n) is 28.0. The summed E-state index contributed by atoms with van der Waals surface area (Å²) in [7, 11) is -5.12. The summed E-state index contributed by atoms with van der Waals surface area (Å²) in [4.78, 5) is 35.9. The Bertz CT molecular complexity index is 1240. The number of rotatable bonds is 48. The predicted molar refractivity (Wildman–Crippen MR) is 272 cm³/mol. The smallest absolute Gasteiger partial charge is 0.462 e. The lowest BCUT2D eigenvalue weighted by molar-refractivity contribution is -0.220. The van der Waals surface area contributed by atoms with Crippen LogP contribution in [-0.4, -0.2) is 98.3 Å². The molecule has 14 heteroatoms. The van der Waals surface area contributed by atoms with E-state index < -0.39 is 75.7 Å². The number of aliphatic hydroxyl groups is 5. The number of carbonyl (C=O) groups is 2. The highest BCUT2D eigenvalue weighted by Crippen LogP contribution is 2.47. The standard InChI is InChI=1S/C54H103O13P/c1-3-5-7-9-11-13-15-17-19-21-22-23-24-25-27-28-30-32-34-36-38-40-42-47(55)64-44-46(45-65-68(62,63)67-54-52(60)50(58)49(57)51(59)53(54)61)66-48(56)43-41-39-37-35-33-31-29-26-20-18-16-14-12-10-8-6-4-2/h14,16,46,49-54,57-61H,3-13,15,17-45H2,1-2H3,(H,62,63)/b16-14+/t46-,49?,50-,51?,52?,53?,54?/m0/s1. The summed E-state index contributed by atoms with van der Waals surface area (Å²) in [5.41, 5.74) is 0. The Morgan fingerprint density at radius 1 is 0.441 bits per heavy atom. The lowest BCUT2D eigenvalue weighted by atomic mass is 9.85. The van der Waals surface area contributed by atoms with Crippen molar-refractivity contribution in [2.75, 3.05) is 13.2 Å². The predicted octanol–water partition coefficient (Wildman–Crippen LogP) is 12.6. The second-order valence-corrected chi connectivity index (χ2v) is 21.2. The van der Waals surface area contributed by atoms with Gasteiger partial charge in [-0.2, -0.15) is 0 Å². The molecule has 1 rings (SSSR count). The van der Waals surface area contributed by atoms with Crippen LogP contribution in [0.1, 0.15) is 264 Å². The largest absolute Gasteiger partial charge is 0.472 e. The van der Waals surface area contributed by atoms with Gasteiger partial charge in [0, 0.05) is 12.8 Å². The van der Waals surface area contributed by atoms with Gasteiger partial charge in [0.05, 0.1) is 6.61 Å². The summed E-state index contributed by atoms with van der Waals surface area (Å²) >= 11 is 0. The lowest BCUT2D eigenvalue weighted by Gasteiger charge is -2.41. The first kappa shape index (κ1) is 64.6. The SMILES string of the molecule is CCCCCC/C=C/CCCCCCCCCCCC(=O)O[C@@H](COC(=O)CCCCCCCCCCCCCCCCCCCCCCCC)COP(=O)(O)OC1C(O)C(O)C(O)[C@H](O)C1O. The van der Waals surface area contributed by atoms with Gasteiger partial charge in [-0.05, 0) is 38.5 Å². The van der Waals surface area contributed by atoms with Crippen molar-refractivity contribution in [1.29, 1.82) is 0 Å². The second kappa shape index (κ2) is 44.3. The van der Waals surface area contributed by atoms with Crippen LogP contribution in [0.4, 0.5) is 0 Å². The van der Waals surface area contributed by atoms with E-state index in [0.717, 1.165) is 51.4 Å². The topological polar surface area (TPSA) is 210 Å². The highest BCUT2D eigenvalue weighted by Gasteiger charge is 2.51. The summed E-state index contributed by atoms with van der Waals surface area (Å²) in [5, 5.41) is 50.3. The highest BCUT2D eigenvalue weighted by molar-refractivity contribution is 7.47. The van der Waals surface area contributed by atoms with Crippen molar-refractivity contribution in [3.8, 4) is 0 Å². The van der Waals surface area contributed by atoms with Crippen molar-refractivity contribution in [3.63, 3.8) is 0 Å². The highest BCUT2D eigenvalue weighted by atomic mass is 31.2. The van der Waals surface area contributed by atoms with E-state index in [1.54, 1.807) is 0 Å². The quantitative estimate of drug-likeness (QED) is 0.0145. The summed E-state index contributed by atoms with van der Waals surface area (Å²) in [6.07, 6.45) is 36.9. The van der Waals surface area contributed by atoms with Crippen LogP contribution in [0.5, 0.6) is 0 Å². The molecule has 0 aromatic rings. The van der Waals surface area contributed by atoms with E-state index >= 15 is 0 Å². The molecule has 0 spiro atoms. The Labute approximate surface area is 413 Å². The van der Waals surface area contributed by atoms with Gasteiger partial charge in [0.2, 0.25) is 0 Å². The number of ether oxygens (including phenoxy) is 2. The Hall–Kier alpha value is -1.41. The molecule has 1 aliphatic rings. The molecule has 0 heterocycles. The Morgan fingerprint density at radius 3 is 1.13 bits per heavy atom. The molecule has 6 N–H and O–H groups in total. The van der Waals surface area contributed by atoms with Crippen molar-refractivity contribution in [2.24, 2.45) is 0 Å².